The zero-order chi connectivity index (χ0) is 17.1. The average Bonchev–Trinajstić information content (AvgIpc) is 2.99. The Hall–Kier alpha value is -2.82. The summed E-state index contributed by atoms with van der Waals surface area (Å²) in [5, 5.41) is 5.99. The Bertz CT molecular complexity index is 786. The molecule has 2 aromatic rings. The summed E-state index contributed by atoms with van der Waals surface area (Å²) in [4.78, 5) is 25.6. The Morgan fingerprint density at radius 3 is 2.62 bits per heavy atom. The van der Waals surface area contributed by atoms with Crippen LogP contribution in [0.2, 0.25) is 0 Å². The molecule has 1 heterocycles. The van der Waals surface area contributed by atoms with Crippen molar-refractivity contribution in [2.24, 2.45) is 0 Å². The molecule has 2 N–H and O–H groups in total. The highest BCUT2D eigenvalue weighted by atomic mass is 16.2. The lowest BCUT2D eigenvalue weighted by molar-refractivity contribution is -0.117. The minimum Gasteiger partial charge on any atom is -0.376 e. The number of hydrogen-bond donors (Lipinski definition) is 2. The van der Waals surface area contributed by atoms with Crippen LogP contribution in [0.1, 0.15) is 18.1 Å². The summed E-state index contributed by atoms with van der Waals surface area (Å²) >= 11 is 0. The molecule has 1 aliphatic heterocycles. The van der Waals surface area contributed by atoms with Crippen LogP contribution in [0.25, 0.3) is 0 Å². The molecule has 24 heavy (non-hydrogen) atoms. The molecule has 0 aromatic heterocycles. The maximum atomic E-state index is 12.5. The average molecular weight is 323 g/mol. The van der Waals surface area contributed by atoms with Gasteiger partial charge in [-0.3, -0.25) is 9.59 Å². The lowest BCUT2D eigenvalue weighted by Gasteiger charge is -2.19. The van der Waals surface area contributed by atoms with E-state index < -0.39 is 0 Å². The van der Waals surface area contributed by atoms with E-state index in [2.05, 4.69) is 16.7 Å². The number of nitrogens with one attached hydrogen (secondary N) is 2. The van der Waals surface area contributed by atoms with Crippen LogP contribution >= 0.6 is 0 Å². The van der Waals surface area contributed by atoms with Gasteiger partial charge in [0.05, 0.1) is 6.54 Å². The van der Waals surface area contributed by atoms with Crippen LogP contribution in [0.3, 0.4) is 0 Å². The number of nitrogens with zero attached hydrogens (tertiary/aromatic N) is 1. The fourth-order valence-electron chi connectivity index (χ4n) is 3.02. The Morgan fingerprint density at radius 1 is 1.08 bits per heavy atom. The van der Waals surface area contributed by atoms with E-state index in [1.165, 1.54) is 12.5 Å². The van der Waals surface area contributed by atoms with Gasteiger partial charge in [-0.1, -0.05) is 24.3 Å². The molecule has 2 aromatic carbocycles. The van der Waals surface area contributed by atoms with E-state index in [-0.39, 0.29) is 18.4 Å². The molecular formula is C19H21N3O2. The summed E-state index contributed by atoms with van der Waals surface area (Å²) < 4.78 is 0. The molecule has 124 valence electrons. The fourth-order valence-corrected chi connectivity index (χ4v) is 3.02. The molecule has 5 nitrogen and oxygen atoms in total. The standard InChI is InChI=1S/C19H21N3O2/c1-13-16(7-5-8-17(13)21-14(2)23)20-12-19(24)22-11-10-15-6-3-4-9-18(15)22/h3-9,20H,10-12H2,1-2H3,(H,21,23). The molecule has 0 saturated carbocycles. The number of para-hydroxylation sites is 1. The predicted molar refractivity (Wildman–Crippen MR) is 96.5 cm³/mol. The quantitative estimate of drug-likeness (QED) is 0.909. The lowest BCUT2D eigenvalue weighted by atomic mass is 10.1. The maximum Gasteiger partial charge on any atom is 0.246 e. The molecule has 0 bridgehead atoms. The Kier molecular flexibility index (Phi) is 4.51. The number of hydrogen-bond acceptors (Lipinski definition) is 3. The number of amides is 2. The first-order chi connectivity index (χ1) is 11.6. The molecular weight excluding hydrogens is 302 g/mol. The van der Waals surface area contributed by atoms with E-state index in [9.17, 15) is 9.59 Å². The van der Waals surface area contributed by atoms with Gasteiger partial charge in [0.1, 0.15) is 0 Å². The van der Waals surface area contributed by atoms with Crippen molar-refractivity contribution in [1.29, 1.82) is 0 Å². The molecule has 0 saturated heterocycles. The van der Waals surface area contributed by atoms with Gasteiger partial charge in [-0.15, -0.1) is 0 Å². The molecule has 0 aliphatic carbocycles. The number of fused-ring (bicyclic) bond motifs is 1. The number of benzene rings is 2. The van der Waals surface area contributed by atoms with E-state index >= 15 is 0 Å². The highest BCUT2D eigenvalue weighted by molar-refractivity contribution is 5.98. The highest BCUT2D eigenvalue weighted by Crippen LogP contribution is 2.28. The summed E-state index contributed by atoms with van der Waals surface area (Å²) in [7, 11) is 0. The lowest BCUT2D eigenvalue weighted by Crippen LogP contribution is -2.34. The summed E-state index contributed by atoms with van der Waals surface area (Å²) in [6, 6.07) is 13.6. The van der Waals surface area contributed by atoms with Crippen molar-refractivity contribution in [2.75, 3.05) is 28.6 Å². The van der Waals surface area contributed by atoms with Crippen LogP contribution in [0, 0.1) is 6.92 Å². The van der Waals surface area contributed by atoms with E-state index in [1.807, 2.05) is 48.2 Å². The topological polar surface area (TPSA) is 61.4 Å². The number of anilines is 3. The SMILES string of the molecule is CC(=O)Nc1cccc(NCC(=O)N2CCc3ccccc32)c1C. The number of carbonyl (C=O) groups is 2. The first-order valence-electron chi connectivity index (χ1n) is 8.05. The third-order valence-corrected chi connectivity index (χ3v) is 4.26. The molecule has 0 radical (unpaired) electrons. The zero-order valence-electron chi connectivity index (χ0n) is 13.9. The third-order valence-electron chi connectivity index (χ3n) is 4.26. The molecule has 0 fully saturated rings. The second-order valence-corrected chi connectivity index (χ2v) is 5.94. The minimum absolute atomic E-state index is 0.0456. The Balaban J connectivity index is 1.68. The Labute approximate surface area is 141 Å². The van der Waals surface area contributed by atoms with Gasteiger partial charge in [0, 0.05) is 30.5 Å². The van der Waals surface area contributed by atoms with Crippen LogP contribution in [0.4, 0.5) is 17.1 Å². The van der Waals surface area contributed by atoms with Crippen LogP contribution in [0.15, 0.2) is 42.5 Å². The van der Waals surface area contributed by atoms with Gasteiger partial charge in [0.15, 0.2) is 0 Å². The fraction of sp³-hybridized carbons (Fsp3) is 0.263. The Morgan fingerprint density at radius 2 is 1.83 bits per heavy atom. The first-order valence-corrected chi connectivity index (χ1v) is 8.05. The van der Waals surface area contributed by atoms with Crippen molar-refractivity contribution < 1.29 is 9.59 Å². The van der Waals surface area contributed by atoms with Crippen LogP contribution < -0.4 is 15.5 Å². The molecule has 5 heteroatoms. The van der Waals surface area contributed by atoms with Crippen molar-refractivity contribution in [3.05, 3.63) is 53.6 Å². The van der Waals surface area contributed by atoms with Crippen molar-refractivity contribution in [2.45, 2.75) is 20.3 Å². The van der Waals surface area contributed by atoms with Crippen LogP contribution in [0.5, 0.6) is 0 Å². The van der Waals surface area contributed by atoms with Crippen LogP contribution in [-0.2, 0) is 16.0 Å². The van der Waals surface area contributed by atoms with Gasteiger partial charge < -0.3 is 15.5 Å². The molecule has 0 atom stereocenters. The minimum atomic E-state index is -0.111. The van der Waals surface area contributed by atoms with Gasteiger partial charge in [-0.2, -0.15) is 0 Å². The van der Waals surface area contributed by atoms with Crippen molar-refractivity contribution in [3.63, 3.8) is 0 Å². The summed E-state index contributed by atoms with van der Waals surface area (Å²) in [5.41, 5.74) is 4.75. The highest BCUT2D eigenvalue weighted by Gasteiger charge is 2.23. The zero-order valence-corrected chi connectivity index (χ0v) is 13.9. The maximum absolute atomic E-state index is 12.5. The van der Waals surface area contributed by atoms with E-state index in [1.54, 1.807) is 0 Å². The van der Waals surface area contributed by atoms with Gasteiger partial charge in [0.25, 0.3) is 0 Å². The molecule has 0 unspecified atom stereocenters. The normalized spacial score (nSPS) is 12.7. The second kappa shape index (κ2) is 6.74. The van der Waals surface area contributed by atoms with E-state index in [0.717, 1.165) is 35.6 Å². The van der Waals surface area contributed by atoms with Crippen LogP contribution in [-0.4, -0.2) is 24.9 Å². The van der Waals surface area contributed by atoms with Gasteiger partial charge >= 0.3 is 0 Å². The first kappa shape index (κ1) is 16.1. The van der Waals surface area contributed by atoms with E-state index in [0.29, 0.717) is 0 Å². The smallest absolute Gasteiger partial charge is 0.246 e. The number of rotatable bonds is 4. The van der Waals surface area contributed by atoms with E-state index in [4.69, 9.17) is 0 Å². The van der Waals surface area contributed by atoms with Crippen molar-refractivity contribution in [1.82, 2.24) is 0 Å². The third kappa shape index (κ3) is 3.25. The molecule has 2 amide bonds. The van der Waals surface area contributed by atoms with Gasteiger partial charge in [-0.25, -0.2) is 0 Å². The van der Waals surface area contributed by atoms with Gasteiger partial charge in [0.2, 0.25) is 11.8 Å². The largest absolute Gasteiger partial charge is 0.376 e. The summed E-state index contributed by atoms with van der Waals surface area (Å²) in [6.45, 7) is 4.35. The predicted octanol–water partition coefficient (Wildman–Crippen LogP) is 2.95. The van der Waals surface area contributed by atoms with Crippen molar-refractivity contribution >= 4 is 28.9 Å². The molecule has 3 rings (SSSR count). The molecule has 0 spiro atoms. The monoisotopic (exact) mass is 323 g/mol. The molecule has 1 aliphatic rings. The summed E-state index contributed by atoms with van der Waals surface area (Å²) in [6.07, 6.45) is 0.902. The second-order valence-electron chi connectivity index (χ2n) is 5.94. The number of carbonyl (C=O) groups excluding carboxylic acids is 2. The van der Waals surface area contributed by atoms with Gasteiger partial charge in [-0.05, 0) is 42.7 Å². The van der Waals surface area contributed by atoms with Crippen molar-refractivity contribution in [3.8, 4) is 0 Å². The summed E-state index contributed by atoms with van der Waals surface area (Å²) in [5.74, 6) is -0.0655.